The van der Waals surface area contributed by atoms with Crippen LogP contribution < -0.4 is 5.32 Å². The van der Waals surface area contributed by atoms with E-state index in [1.54, 1.807) is 0 Å². The molecule has 2 atom stereocenters. The number of nitrogens with zero attached hydrogens (tertiary/aromatic N) is 2. The standard InChI is InChI=1S/C14H23N3O3/c1-14(2,3)13-16-11(17-20-13)8-15-7-9-5-4-6-10(9)12(18)19/h9-10,15H,4-8H2,1-3H3,(H,18,19). The molecule has 2 unspecified atom stereocenters. The van der Waals surface area contributed by atoms with Gasteiger partial charge in [0.25, 0.3) is 0 Å². The first-order valence-electron chi connectivity index (χ1n) is 7.14. The van der Waals surface area contributed by atoms with Crippen molar-refractivity contribution < 1.29 is 14.4 Å². The summed E-state index contributed by atoms with van der Waals surface area (Å²) in [6.07, 6.45) is 2.77. The van der Waals surface area contributed by atoms with Gasteiger partial charge in [-0.25, -0.2) is 0 Å². The molecule has 1 aromatic rings. The molecule has 0 aromatic carbocycles. The summed E-state index contributed by atoms with van der Waals surface area (Å²) in [5.41, 5.74) is -0.148. The average Bonchev–Trinajstić information content (AvgIpc) is 2.96. The highest BCUT2D eigenvalue weighted by atomic mass is 16.5. The van der Waals surface area contributed by atoms with Crippen LogP contribution in [-0.2, 0) is 16.8 Å². The van der Waals surface area contributed by atoms with Gasteiger partial charge in [0.1, 0.15) is 0 Å². The summed E-state index contributed by atoms with van der Waals surface area (Å²) in [5.74, 6) is 0.571. The van der Waals surface area contributed by atoms with Crippen molar-refractivity contribution in [2.45, 2.75) is 52.0 Å². The van der Waals surface area contributed by atoms with Gasteiger partial charge in [-0.2, -0.15) is 4.98 Å². The van der Waals surface area contributed by atoms with Gasteiger partial charge in [0, 0.05) is 5.41 Å². The lowest BCUT2D eigenvalue weighted by molar-refractivity contribution is -0.142. The van der Waals surface area contributed by atoms with E-state index in [1.807, 2.05) is 20.8 Å². The Morgan fingerprint density at radius 2 is 2.20 bits per heavy atom. The minimum Gasteiger partial charge on any atom is -0.481 e. The fourth-order valence-electron chi connectivity index (χ4n) is 2.61. The smallest absolute Gasteiger partial charge is 0.306 e. The molecule has 1 saturated carbocycles. The summed E-state index contributed by atoms with van der Waals surface area (Å²) in [6, 6.07) is 0. The highest BCUT2D eigenvalue weighted by Gasteiger charge is 2.32. The molecule has 0 saturated heterocycles. The van der Waals surface area contributed by atoms with Crippen molar-refractivity contribution in [1.82, 2.24) is 15.5 Å². The molecule has 112 valence electrons. The third-order valence-electron chi connectivity index (χ3n) is 3.78. The number of carboxylic acids is 1. The highest BCUT2D eigenvalue weighted by molar-refractivity contribution is 5.70. The topological polar surface area (TPSA) is 88.2 Å². The Balaban J connectivity index is 1.81. The lowest BCUT2D eigenvalue weighted by Gasteiger charge is -2.15. The van der Waals surface area contributed by atoms with Crippen LogP contribution in [-0.4, -0.2) is 27.8 Å². The van der Waals surface area contributed by atoms with Crippen LogP contribution in [0.5, 0.6) is 0 Å². The van der Waals surface area contributed by atoms with Gasteiger partial charge in [-0.1, -0.05) is 32.3 Å². The zero-order valence-corrected chi connectivity index (χ0v) is 12.3. The molecule has 2 rings (SSSR count). The van der Waals surface area contributed by atoms with E-state index >= 15 is 0 Å². The SMILES string of the molecule is CC(C)(C)c1nc(CNCC2CCCC2C(=O)O)no1. The third-order valence-corrected chi connectivity index (χ3v) is 3.78. The Kier molecular flexibility index (Phi) is 4.42. The second-order valence-electron chi connectivity index (χ2n) is 6.53. The molecule has 2 N–H and O–H groups in total. The third kappa shape index (κ3) is 3.56. The van der Waals surface area contributed by atoms with Crippen molar-refractivity contribution in [3.63, 3.8) is 0 Å². The first-order chi connectivity index (χ1) is 9.38. The first-order valence-corrected chi connectivity index (χ1v) is 7.14. The van der Waals surface area contributed by atoms with Crippen LogP contribution in [0.3, 0.4) is 0 Å². The Labute approximate surface area is 118 Å². The lowest BCUT2D eigenvalue weighted by atomic mass is 9.96. The van der Waals surface area contributed by atoms with Crippen LogP contribution in [0.2, 0.25) is 0 Å². The molecule has 1 aromatic heterocycles. The number of carboxylic acid groups (broad SMARTS) is 1. The van der Waals surface area contributed by atoms with Crippen molar-refractivity contribution in [2.24, 2.45) is 11.8 Å². The van der Waals surface area contributed by atoms with Gasteiger partial charge < -0.3 is 14.9 Å². The molecule has 1 aliphatic rings. The predicted molar refractivity (Wildman–Crippen MR) is 73.2 cm³/mol. The van der Waals surface area contributed by atoms with Gasteiger partial charge >= 0.3 is 5.97 Å². The Morgan fingerprint density at radius 3 is 2.80 bits per heavy atom. The fraction of sp³-hybridized carbons (Fsp3) is 0.786. The van der Waals surface area contributed by atoms with E-state index in [0.29, 0.717) is 24.8 Å². The maximum absolute atomic E-state index is 11.1. The Morgan fingerprint density at radius 1 is 1.45 bits per heavy atom. The summed E-state index contributed by atoms with van der Waals surface area (Å²) < 4.78 is 5.22. The molecule has 6 nitrogen and oxygen atoms in total. The van der Waals surface area contributed by atoms with Gasteiger partial charge in [0.2, 0.25) is 5.89 Å². The molecule has 0 bridgehead atoms. The zero-order chi connectivity index (χ0) is 14.8. The molecule has 0 aliphatic heterocycles. The van der Waals surface area contributed by atoms with Gasteiger partial charge in [-0.15, -0.1) is 0 Å². The van der Waals surface area contributed by atoms with Crippen molar-refractivity contribution in [3.05, 3.63) is 11.7 Å². The maximum Gasteiger partial charge on any atom is 0.306 e. The van der Waals surface area contributed by atoms with Crippen molar-refractivity contribution in [1.29, 1.82) is 0 Å². The Bertz CT molecular complexity index is 464. The van der Waals surface area contributed by atoms with Crippen molar-refractivity contribution in [3.8, 4) is 0 Å². The first kappa shape index (κ1) is 15.0. The molecule has 20 heavy (non-hydrogen) atoms. The molecule has 0 radical (unpaired) electrons. The summed E-state index contributed by atoms with van der Waals surface area (Å²) >= 11 is 0. The minimum atomic E-state index is -0.677. The molecule has 6 heteroatoms. The number of carbonyl (C=O) groups is 1. The quantitative estimate of drug-likeness (QED) is 0.857. The predicted octanol–water partition coefficient (Wildman–Crippen LogP) is 1.96. The number of rotatable bonds is 5. The number of nitrogens with one attached hydrogen (secondary N) is 1. The second-order valence-corrected chi connectivity index (χ2v) is 6.53. The van der Waals surface area contributed by atoms with Crippen LogP contribution in [0.1, 0.15) is 51.7 Å². The maximum atomic E-state index is 11.1. The van der Waals surface area contributed by atoms with Crippen LogP contribution in [0, 0.1) is 11.8 Å². The van der Waals surface area contributed by atoms with E-state index in [1.165, 1.54) is 0 Å². The van der Waals surface area contributed by atoms with E-state index in [4.69, 9.17) is 9.63 Å². The molecular weight excluding hydrogens is 258 g/mol. The van der Waals surface area contributed by atoms with Crippen LogP contribution >= 0.6 is 0 Å². The summed E-state index contributed by atoms with van der Waals surface area (Å²) in [6.45, 7) is 7.27. The largest absolute Gasteiger partial charge is 0.481 e. The molecular formula is C14H23N3O3. The minimum absolute atomic E-state index is 0.148. The van der Waals surface area contributed by atoms with E-state index in [9.17, 15) is 4.79 Å². The van der Waals surface area contributed by atoms with E-state index in [0.717, 1.165) is 19.3 Å². The van der Waals surface area contributed by atoms with E-state index < -0.39 is 5.97 Å². The number of aliphatic carboxylic acids is 1. The fourth-order valence-corrected chi connectivity index (χ4v) is 2.61. The summed E-state index contributed by atoms with van der Waals surface area (Å²) in [4.78, 5) is 15.4. The molecule has 1 aliphatic carbocycles. The lowest BCUT2D eigenvalue weighted by Crippen LogP contribution is -2.29. The van der Waals surface area contributed by atoms with Gasteiger partial charge in [-0.05, 0) is 25.3 Å². The van der Waals surface area contributed by atoms with Crippen LogP contribution in [0.4, 0.5) is 0 Å². The van der Waals surface area contributed by atoms with Gasteiger partial charge in [0.15, 0.2) is 5.82 Å². The second kappa shape index (κ2) is 5.91. The van der Waals surface area contributed by atoms with Gasteiger partial charge in [-0.3, -0.25) is 4.79 Å². The normalized spacial score (nSPS) is 23.1. The molecule has 0 amide bonds. The van der Waals surface area contributed by atoms with E-state index in [-0.39, 0.29) is 17.3 Å². The van der Waals surface area contributed by atoms with Crippen molar-refractivity contribution >= 4 is 5.97 Å². The van der Waals surface area contributed by atoms with Crippen LogP contribution in [0.15, 0.2) is 4.52 Å². The summed E-state index contributed by atoms with van der Waals surface area (Å²) in [7, 11) is 0. The zero-order valence-electron chi connectivity index (χ0n) is 12.3. The molecule has 0 spiro atoms. The summed E-state index contributed by atoms with van der Waals surface area (Å²) in [5, 5.41) is 16.3. The van der Waals surface area contributed by atoms with Crippen LogP contribution in [0.25, 0.3) is 0 Å². The van der Waals surface area contributed by atoms with Gasteiger partial charge in [0.05, 0.1) is 12.5 Å². The Hall–Kier alpha value is -1.43. The highest BCUT2D eigenvalue weighted by Crippen LogP contribution is 2.31. The average molecular weight is 281 g/mol. The molecule has 1 heterocycles. The number of hydrogen-bond donors (Lipinski definition) is 2. The molecule has 1 fully saturated rings. The number of aromatic nitrogens is 2. The van der Waals surface area contributed by atoms with Crippen molar-refractivity contribution in [2.75, 3.05) is 6.54 Å². The number of hydrogen-bond acceptors (Lipinski definition) is 5. The van der Waals surface area contributed by atoms with E-state index in [2.05, 4.69) is 15.5 Å². The monoisotopic (exact) mass is 281 g/mol.